The summed E-state index contributed by atoms with van der Waals surface area (Å²) in [6.45, 7) is 15.1. The normalized spacial score (nSPS) is 12.5. The summed E-state index contributed by atoms with van der Waals surface area (Å²) in [4.78, 5) is 48.7. The van der Waals surface area contributed by atoms with Gasteiger partial charge in [-0.05, 0) is 30.2 Å². The van der Waals surface area contributed by atoms with Crippen molar-refractivity contribution in [3.63, 3.8) is 0 Å². The van der Waals surface area contributed by atoms with Gasteiger partial charge in [0.1, 0.15) is 0 Å². The lowest BCUT2D eigenvalue weighted by atomic mass is 9.89. The summed E-state index contributed by atoms with van der Waals surface area (Å²) in [5, 5.41) is 17.1. The minimum absolute atomic E-state index is 0.0367. The van der Waals surface area contributed by atoms with Crippen LogP contribution in [0.15, 0.2) is 24.3 Å². The molecule has 1 unspecified atom stereocenters. The van der Waals surface area contributed by atoms with Crippen molar-refractivity contribution in [2.75, 3.05) is 26.3 Å². The highest BCUT2D eigenvalue weighted by Gasteiger charge is 2.26. The van der Waals surface area contributed by atoms with Crippen LogP contribution < -0.4 is 21.4 Å². The topological polar surface area (TPSA) is 146 Å². The van der Waals surface area contributed by atoms with Crippen LogP contribution in [-0.2, 0) is 30.5 Å². The molecule has 1 aromatic carbocycles. The Bertz CT molecular complexity index is 944. The van der Waals surface area contributed by atoms with Gasteiger partial charge >= 0.3 is 0 Å². The van der Waals surface area contributed by atoms with E-state index in [1.807, 2.05) is 72.7 Å². The zero-order valence-corrected chi connectivity index (χ0v) is 24.6. The van der Waals surface area contributed by atoms with Crippen LogP contribution >= 0.6 is 0 Å². The first-order valence-electron chi connectivity index (χ1n) is 13.5. The molecular formula is C29H48N4O6. The molecule has 0 saturated heterocycles. The molecule has 0 fully saturated rings. The molecule has 0 aliphatic carbocycles. The van der Waals surface area contributed by atoms with Gasteiger partial charge in [-0.2, -0.15) is 0 Å². The lowest BCUT2D eigenvalue weighted by molar-refractivity contribution is -0.135. The highest BCUT2D eigenvalue weighted by atomic mass is 16.5. The van der Waals surface area contributed by atoms with E-state index in [-0.39, 0.29) is 41.5 Å². The number of ether oxygens (including phenoxy) is 1. The second kappa shape index (κ2) is 16.2. The van der Waals surface area contributed by atoms with Gasteiger partial charge in [-0.1, -0.05) is 71.4 Å². The fraction of sp³-hybridized carbons (Fsp3) is 0.655. The second-order valence-electron chi connectivity index (χ2n) is 12.3. The SMILES string of the molecule is Cc1ccc(CNC(=O)CC(C)(C)COCC(C)(C)CNC(=O)CNC(=O)C(CC(=O)NO)CC(C)C)cc1. The fourth-order valence-electron chi connectivity index (χ4n) is 3.94. The Labute approximate surface area is 233 Å². The van der Waals surface area contributed by atoms with Crippen LogP contribution in [0.5, 0.6) is 0 Å². The molecule has 1 atom stereocenters. The largest absolute Gasteiger partial charge is 0.380 e. The van der Waals surface area contributed by atoms with E-state index in [1.165, 1.54) is 5.56 Å². The molecule has 5 N–H and O–H groups in total. The Morgan fingerprint density at radius 3 is 2.08 bits per heavy atom. The Morgan fingerprint density at radius 1 is 0.872 bits per heavy atom. The van der Waals surface area contributed by atoms with Crippen LogP contribution in [0.25, 0.3) is 0 Å². The third kappa shape index (κ3) is 15.3. The zero-order chi connectivity index (χ0) is 29.6. The second-order valence-corrected chi connectivity index (χ2v) is 12.3. The van der Waals surface area contributed by atoms with Gasteiger partial charge in [-0.3, -0.25) is 24.4 Å². The number of aryl methyl sites for hydroxylation is 1. The molecule has 0 aliphatic rings. The van der Waals surface area contributed by atoms with E-state index in [4.69, 9.17) is 9.94 Å². The summed E-state index contributed by atoms with van der Waals surface area (Å²) < 4.78 is 5.93. The number of hydroxylamine groups is 1. The number of benzene rings is 1. The Morgan fingerprint density at radius 2 is 1.49 bits per heavy atom. The van der Waals surface area contributed by atoms with Gasteiger partial charge in [0.25, 0.3) is 0 Å². The molecule has 0 aliphatic heterocycles. The van der Waals surface area contributed by atoms with E-state index in [2.05, 4.69) is 16.0 Å². The van der Waals surface area contributed by atoms with Gasteiger partial charge in [0.05, 0.1) is 19.8 Å². The summed E-state index contributed by atoms with van der Waals surface area (Å²) in [7, 11) is 0. The molecule has 0 spiro atoms. The molecule has 0 aromatic heterocycles. The Hall–Kier alpha value is -2.98. The number of hydrogen-bond acceptors (Lipinski definition) is 6. The molecule has 0 heterocycles. The first kappa shape index (κ1) is 34.0. The first-order chi connectivity index (χ1) is 18.1. The average Bonchev–Trinajstić information content (AvgIpc) is 2.84. The first-order valence-corrected chi connectivity index (χ1v) is 13.5. The van der Waals surface area contributed by atoms with E-state index in [1.54, 1.807) is 5.48 Å². The summed E-state index contributed by atoms with van der Waals surface area (Å²) in [5.74, 6) is -1.91. The monoisotopic (exact) mass is 548 g/mol. The maximum absolute atomic E-state index is 12.5. The van der Waals surface area contributed by atoms with Crippen molar-refractivity contribution in [1.82, 2.24) is 21.4 Å². The maximum Gasteiger partial charge on any atom is 0.244 e. The van der Waals surface area contributed by atoms with E-state index >= 15 is 0 Å². The van der Waals surface area contributed by atoms with Crippen LogP contribution in [-0.4, -0.2) is 55.1 Å². The summed E-state index contributed by atoms with van der Waals surface area (Å²) >= 11 is 0. The van der Waals surface area contributed by atoms with Gasteiger partial charge in [0, 0.05) is 37.3 Å². The highest BCUT2D eigenvalue weighted by Crippen LogP contribution is 2.23. The summed E-state index contributed by atoms with van der Waals surface area (Å²) in [5.41, 5.74) is 3.04. The lowest BCUT2D eigenvalue weighted by Crippen LogP contribution is -2.44. The van der Waals surface area contributed by atoms with E-state index in [0.717, 1.165) is 5.56 Å². The quantitative estimate of drug-likeness (QED) is 0.149. The van der Waals surface area contributed by atoms with Crippen molar-refractivity contribution in [2.24, 2.45) is 22.7 Å². The van der Waals surface area contributed by atoms with Crippen LogP contribution in [0.2, 0.25) is 0 Å². The minimum Gasteiger partial charge on any atom is -0.380 e. The highest BCUT2D eigenvalue weighted by molar-refractivity contribution is 5.88. The van der Waals surface area contributed by atoms with Crippen LogP contribution in [0, 0.1) is 29.6 Å². The van der Waals surface area contributed by atoms with Crippen molar-refractivity contribution in [2.45, 2.75) is 74.3 Å². The molecule has 4 amide bonds. The molecule has 1 aromatic rings. The van der Waals surface area contributed by atoms with Gasteiger partial charge in [-0.25, -0.2) is 5.48 Å². The number of rotatable bonds is 17. The summed E-state index contributed by atoms with van der Waals surface area (Å²) in [6, 6.07) is 8.04. The van der Waals surface area contributed by atoms with E-state index < -0.39 is 17.7 Å². The van der Waals surface area contributed by atoms with Crippen LogP contribution in [0.4, 0.5) is 0 Å². The Balaban J connectivity index is 2.38. The fourth-order valence-corrected chi connectivity index (χ4v) is 3.94. The minimum atomic E-state index is -0.645. The van der Waals surface area contributed by atoms with Gasteiger partial charge < -0.3 is 20.7 Å². The average molecular weight is 549 g/mol. The van der Waals surface area contributed by atoms with Gasteiger partial charge in [0.15, 0.2) is 0 Å². The number of carbonyl (C=O) groups is 4. The molecule has 0 saturated carbocycles. The Kier molecular flexibility index (Phi) is 14.1. The molecule has 1 rings (SSSR count). The molecule has 220 valence electrons. The van der Waals surface area contributed by atoms with Gasteiger partial charge in [-0.15, -0.1) is 0 Å². The maximum atomic E-state index is 12.5. The standard InChI is InChI=1S/C29H48N4O6/c1-20(2)12-23(13-24(34)33-38)27(37)31-16-26(36)32-17-29(6,7)19-39-18-28(4,5)14-25(35)30-15-22-10-8-21(3)9-11-22/h8-11,20,23,38H,12-19H2,1-7H3,(H,30,35)(H,31,37)(H,32,36)(H,33,34). The number of nitrogens with one attached hydrogen (secondary N) is 4. The van der Waals surface area contributed by atoms with Crippen molar-refractivity contribution in [1.29, 1.82) is 0 Å². The molecule has 0 radical (unpaired) electrons. The lowest BCUT2D eigenvalue weighted by Gasteiger charge is -2.29. The van der Waals surface area contributed by atoms with E-state index in [0.29, 0.717) is 39.1 Å². The zero-order valence-electron chi connectivity index (χ0n) is 24.6. The number of hydrogen-bond donors (Lipinski definition) is 5. The predicted octanol–water partition coefficient (Wildman–Crippen LogP) is 2.86. The smallest absolute Gasteiger partial charge is 0.244 e. The van der Waals surface area contributed by atoms with Crippen molar-refractivity contribution in [3.05, 3.63) is 35.4 Å². The van der Waals surface area contributed by atoms with Gasteiger partial charge in [0.2, 0.25) is 23.6 Å². The number of amides is 4. The summed E-state index contributed by atoms with van der Waals surface area (Å²) in [6.07, 6.45) is 0.626. The van der Waals surface area contributed by atoms with Crippen molar-refractivity contribution >= 4 is 23.6 Å². The van der Waals surface area contributed by atoms with E-state index in [9.17, 15) is 19.2 Å². The third-order valence-corrected chi connectivity index (χ3v) is 6.11. The predicted molar refractivity (Wildman–Crippen MR) is 150 cm³/mol. The van der Waals surface area contributed by atoms with Crippen molar-refractivity contribution in [3.8, 4) is 0 Å². The molecular weight excluding hydrogens is 500 g/mol. The third-order valence-electron chi connectivity index (χ3n) is 6.11. The van der Waals surface area contributed by atoms with Crippen LogP contribution in [0.1, 0.15) is 71.9 Å². The number of carbonyl (C=O) groups excluding carboxylic acids is 4. The molecule has 10 heteroatoms. The molecule has 10 nitrogen and oxygen atoms in total. The van der Waals surface area contributed by atoms with Crippen LogP contribution in [0.3, 0.4) is 0 Å². The van der Waals surface area contributed by atoms with Crippen molar-refractivity contribution < 1.29 is 29.1 Å². The molecule has 0 bridgehead atoms. The molecule has 39 heavy (non-hydrogen) atoms.